The normalized spacial score (nSPS) is 18.5. The third-order valence-electron chi connectivity index (χ3n) is 7.24. The van der Waals surface area contributed by atoms with Crippen molar-refractivity contribution in [3.8, 4) is 5.75 Å². The van der Waals surface area contributed by atoms with Gasteiger partial charge in [-0.2, -0.15) is 0 Å². The molecule has 2 N–H and O–H groups in total. The van der Waals surface area contributed by atoms with Crippen LogP contribution in [0.3, 0.4) is 0 Å². The predicted octanol–water partition coefficient (Wildman–Crippen LogP) is 4.45. The van der Waals surface area contributed by atoms with Gasteiger partial charge < -0.3 is 15.3 Å². The molecular weight excluding hydrogens is 424 g/mol. The molecule has 0 bridgehead atoms. The van der Waals surface area contributed by atoms with E-state index in [1.807, 2.05) is 35.2 Å². The molecule has 1 fully saturated rings. The Hall–Kier alpha value is -2.83. The third-order valence-corrected chi connectivity index (χ3v) is 7.24. The van der Waals surface area contributed by atoms with Crippen molar-refractivity contribution in [1.82, 2.24) is 14.7 Å². The Bertz CT molecular complexity index is 984. The third kappa shape index (κ3) is 5.80. The molecule has 1 heterocycles. The fraction of sp³-hybridized carbons (Fsp3) is 0.464. The van der Waals surface area contributed by atoms with E-state index in [1.54, 1.807) is 12.1 Å². The van der Waals surface area contributed by atoms with Crippen molar-refractivity contribution in [2.24, 2.45) is 0 Å². The number of benzene rings is 2. The van der Waals surface area contributed by atoms with E-state index in [2.05, 4.69) is 34.7 Å². The van der Waals surface area contributed by atoms with E-state index in [-0.39, 0.29) is 6.03 Å². The molecule has 2 aliphatic rings. The number of rotatable bonds is 8. The molecule has 1 aliphatic carbocycles. The second kappa shape index (κ2) is 11.5. The van der Waals surface area contributed by atoms with Crippen molar-refractivity contribution in [3.05, 3.63) is 65.7 Å². The molecule has 0 aromatic heterocycles. The Balaban J connectivity index is 1.26. The van der Waals surface area contributed by atoms with Gasteiger partial charge in [-0.1, -0.05) is 49.9 Å². The highest BCUT2D eigenvalue weighted by Crippen LogP contribution is 2.30. The number of nitrogens with one attached hydrogen (secondary N) is 1. The van der Waals surface area contributed by atoms with Crippen molar-refractivity contribution in [2.75, 3.05) is 51.1 Å². The molecule has 6 heteroatoms. The lowest BCUT2D eigenvalue weighted by atomic mass is 9.87. The van der Waals surface area contributed by atoms with Crippen LogP contribution in [0.2, 0.25) is 0 Å². The highest BCUT2D eigenvalue weighted by Gasteiger charge is 2.27. The Morgan fingerprint density at radius 3 is 2.71 bits per heavy atom. The summed E-state index contributed by atoms with van der Waals surface area (Å²) in [5.74, 6) is 0.452. The molecule has 4 rings (SSSR count). The summed E-state index contributed by atoms with van der Waals surface area (Å²) < 4.78 is 0. The summed E-state index contributed by atoms with van der Waals surface area (Å²) in [7, 11) is 0. The molecule has 2 aromatic carbocycles. The summed E-state index contributed by atoms with van der Waals surface area (Å²) in [6.45, 7) is 12.5. The Morgan fingerprint density at radius 2 is 1.94 bits per heavy atom. The zero-order valence-electron chi connectivity index (χ0n) is 20.4. The first-order chi connectivity index (χ1) is 16.6. The number of phenols is 1. The van der Waals surface area contributed by atoms with Gasteiger partial charge in [0, 0.05) is 51.0 Å². The number of anilines is 1. The quantitative estimate of drug-likeness (QED) is 0.608. The van der Waals surface area contributed by atoms with Crippen LogP contribution in [-0.4, -0.2) is 77.7 Å². The molecule has 0 spiro atoms. The van der Waals surface area contributed by atoms with Crippen molar-refractivity contribution in [3.63, 3.8) is 0 Å². The average Bonchev–Trinajstić information content (AvgIpc) is 2.87. The van der Waals surface area contributed by atoms with Crippen molar-refractivity contribution >= 4 is 17.8 Å². The second-order valence-corrected chi connectivity index (χ2v) is 9.40. The predicted molar refractivity (Wildman–Crippen MR) is 139 cm³/mol. The van der Waals surface area contributed by atoms with Crippen LogP contribution in [0, 0.1) is 0 Å². The van der Waals surface area contributed by atoms with Gasteiger partial charge in [-0.3, -0.25) is 9.80 Å². The lowest BCUT2D eigenvalue weighted by Crippen LogP contribution is -2.52. The Labute approximate surface area is 203 Å². The van der Waals surface area contributed by atoms with Gasteiger partial charge in [0.1, 0.15) is 5.75 Å². The van der Waals surface area contributed by atoms with Gasteiger partial charge in [0.15, 0.2) is 0 Å². The number of urea groups is 1. The molecule has 0 saturated carbocycles. The zero-order chi connectivity index (χ0) is 23.9. The van der Waals surface area contributed by atoms with E-state index < -0.39 is 0 Å². The number of hydrogen-bond acceptors (Lipinski definition) is 4. The molecule has 2 aromatic rings. The number of piperazine rings is 1. The molecule has 182 valence electrons. The number of carbonyl (C=O) groups is 1. The largest absolute Gasteiger partial charge is 0.508 e. The molecule has 6 nitrogen and oxygen atoms in total. The average molecular weight is 463 g/mol. The number of phenolic OH excluding ortho intramolecular Hbond substituents is 1. The summed E-state index contributed by atoms with van der Waals surface area (Å²) in [6, 6.07) is 14.2. The molecular formula is C28H38N4O2. The van der Waals surface area contributed by atoms with Crippen molar-refractivity contribution in [1.29, 1.82) is 0 Å². The van der Waals surface area contributed by atoms with E-state index in [1.165, 1.54) is 5.56 Å². The minimum atomic E-state index is -0.0364. The summed E-state index contributed by atoms with van der Waals surface area (Å²) in [5.41, 5.74) is 4.18. The molecule has 1 aliphatic heterocycles. The molecule has 34 heavy (non-hydrogen) atoms. The molecule has 1 saturated heterocycles. The second-order valence-electron chi connectivity index (χ2n) is 9.40. The number of carbonyl (C=O) groups excluding carboxylic acids is 1. The maximum absolute atomic E-state index is 12.8. The maximum Gasteiger partial charge on any atom is 0.321 e. The lowest BCUT2D eigenvalue weighted by molar-refractivity contribution is 0.115. The van der Waals surface area contributed by atoms with Gasteiger partial charge in [-0.15, -0.1) is 0 Å². The Morgan fingerprint density at radius 1 is 1.15 bits per heavy atom. The van der Waals surface area contributed by atoms with Crippen LogP contribution < -0.4 is 5.32 Å². The lowest BCUT2D eigenvalue weighted by Gasteiger charge is -2.39. The monoisotopic (exact) mass is 462 g/mol. The van der Waals surface area contributed by atoms with Crippen LogP contribution in [0.15, 0.2) is 49.0 Å². The van der Waals surface area contributed by atoms with E-state index in [0.717, 1.165) is 88.3 Å². The number of nitrogens with zero attached hydrogens (tertiary/aromatic N) is 3. The fourth-order valence-corrected chi connectivity index (χ4v) is 5.27. The van der Waals surface area contributed by atoms with E-state index in [9.17, 15) is 9.90 Å². The first kappa shape index (κ1) is 24.3. The fourth-order valence-electron chi connectivity index (χ4n) is 5.27. The standard InChI is InChI=1S/C28H38N4O2/c1-3-14-31(24-12-13-25-23(21-24)9-7-11-27(25)33)18-15-30-16-19-32(20-17-30)28(34)29-26-10-6-5-8-22(26)4-2/h4-11,24,33H,2-3,12-21H2,1H3,(H,29,34). The summed E-state index contributed by atoms with van der Waals surface area (Å²) in [5, 5.41) is 13.2. The topological polar surface area (TPSA) is 59.1 Å². The minimum Gasteiger partial charge on any atom is -0.508 e. The van der Waals surface area contributed by atoms with Crippen LogP contribution in [0.4, 0.5) is 10.5 Å². The first-order valence-electron chi connectivity index (χ1n) is 12.6. The van der Waals surface area contributed by atoms with Crippen molar-refractivity contribution < 1.29 is 9.90 Å². The maximum atomic E-state index is 12.8. The van der Waals surface area contributed by atoms with Crippen LogP contribution in [0.5, 0.6) is 5.75 Å². The van der Waals surface area contributed by atoms with E-state index in [0.29, 0.717) is 11.8 Å². The van der Waals surface area contributed by atoms with Gasteiger partial charge >= 0.3 is 6.03 Å². The SMILES string of the molecule is C=Cc1ccccc1NC(=O)N1CCN(CCN(CCC)C2CCc3c(O)cccc3C2)CC1. The number of para-hydroxylation sites is 1. The molecule has 1 atom stereocenters. The van der Waals surface area contributed by atoms with Gasteiger partial charge in [-0.25, -0.2) is 4.79 Å². The van der Waals surface area contributed by atoms with E-state index >= 15 is 0 Å². The summed E-state index contributed by atoms with van der Waals surface area (Å²) in [6.07, 6.45) is 5.98. The number of hydrogen-bond donors (Lipinski definition) is 2. The molecule has 0 radical (unpaired) electrons. The number of amides is 2. The summed E-state index contributed by atoms with van der Waals surface area (Å²) >= 11 is 0. The minimum absolute atomic E-state index is 0.0364. The highest BCUT2D eigenvalue weighted by atomic mass is 16.3. The summed E-state index contributed by atoms with van der Waals surface area (Å²) in [4.78, 5) is 19.8. The zero-order valence-corrected chi connectivity index (χ0v) is 20.4. The van der Waals surface area contributed by atoms with Crippen LogP contribution in [-0.2, 0) is 12.8 Å². The van der Waals surface area contributed by atoms with Crippen LogP contribution >= 0.6 is 0 Å². The molecule has 2 amide bonds. The number of aromatic hydroxyl groups is 1. The van der Waals surface area contributed by atoms with Gasteiger partial charge in [-0.05, 0) is 61.1 Å². The molecule has 1 unspecified atom stereocenters. The van der Waals surface area contributed by atoms with Crippen LogP contribution in [0.25, 0.3) is 6.08 Å². The van der Waals surface area contributed by atoms with Gasteiger partial charge in [0.25, 0.3) is 0 Å². The smallest absolute Gasteiger partial charge is 0.321 e. The van der Waals surface area contributed by atoms with Crippen LogP contribution in [0.1, 0.15) is 36.5 Å². The van der Waals surface area contributed by atoms with Gasteiger partial charge in [0.2, 0.25) is 0 Å². The van der Waals surface area contributed by atoms with Crippen molar-refractivity contribution in [2.45, 2.75) is 38.6 Å². The van der Waals surface area contributed by atoms with Gasteiger partial charge in [0.05, 0.1) is 0 Å². The Kier molecular flexibility index (Phi) is 8.25. The first-order valence-corrected chi connectivity index (χ1v) is 12.6. The van der Waals surface area contributed by atoms with E-state index in [4.69, 9.17) is 0 Å². The highest BCUT2D eigenvalue weighted by molar-refractivity contribution is 5.91. The number of fused-ring (bicyclic) bond motifs is 1.